The van der Waals surface area contributed by atoms with Crippen LogP contribution in [0.2, 0.25) is 0 Å². The summed E-state index contributed by atoms with van der Waals surface area (Å²) in [7, 11) is 0. The van der Waals surface area contributed by atoms with Crippen LogP contribution in [0, 0.1) is 5.92 Å². The quantitative estimate of drug-likeness (QED) is 0.420. The summed E-state index contributed by atoms with van der Waals surface area (Å²) in [5.74, 6) is 0.866. The third-order valence-corrected chi connectivity index (χ3v) is 2.53. The maximum atomic E-state index is 5.38. The zero-order chi connectivity index (χ0) is 10.2. The van der Waals surface area contributed by atoms with Crippen LogP contribution in [0.3, 0.4) is 0 Å². The van der Waals surface area contributed by atoms with Crippen LogP contribution in [0.15, 0.2) is 0 Å². The van der Waals surface area contributed by atoms with E-state index in [2.05, 4.69) is 13.8 Å². The lowest BCUT2D eigenvalue weighted by atomic mass is 10.0. The molecule has 1 unspecified atom stereocenters. The number of hydrogen-bond donors (Lipinski definition) is 0. The van der Waals surface area contributed by atoms with Gasteiger partial charge in [0.25, 0.3) is 0 Å². The van der Waals surface area contributed by atoms with E-state index in [4.69, 9.17) is 9.47 Å². The fraction of sp³-hybridized carbons (Fsp3) is 1.00. The van der Waals surface area contributed by atoms with Crippen molar-refractivity contribution in [2.45, 2.75) is 58.7 Å². The summed E-state index contributed by atoms with van der Waals surface area (Å²) >= 11 is 0. The highest BCUT2D eigenvalue weighted by Gasteiger charge is 2.22. The first-order valence-electron chi connectivity index (χ1n) is 6.02. The van der Waals surface area contributed by atoms with Gasteiger partial charge in [0.2, 0.25) is 0 Å². The highest BCUT2D eigenvalue weighted by Crippen LogP contribution is 2.13. The van der Waals surface area contributed by atoms with Crippen molar-refractivity contribution < 1.29 is 9.47 Å². The van der Waals surface area contributed by atoms with Crippen molar-refractivity contribution in [3.8, 4) is 0 Å². The fourth-order valence-electron chi connectivity index (χ4n) is 1.54. The van der Waals surface area contributed by atoms with Crippen LogP contribution in [-0.2, 0) is 9.47 Å². The van der Waals surface area contributed by atoms with Gasteiger partial charge in [0.05, 0.1) is 0 Å². The standard InChI is InChI=1S/C12H24O2/c1-11(2)8-6-4-3-5-7-9-13-12-10-14-12/h11-12H,3-10H2,1-2H3. The molecule has 0 amide bonds. The molecule has 0 aliphatic carbocycles. The van der Waals surface area contributed by atoms with Crippen molar-refractivity contribution in [3.05, 3.63) is 0 Å². The molecule has 0 N–H and O–H groups in total. The molecular weight excluding hydrogens is 176 g/mol. The van der Waals surface area contributed by atoms with Crippen LogP contribution in [0.25, 0.3) is 0 Å². The maximum Gasteiger partial charge on any atom is 0.181 e. The molecule has 84 valence electrons. The smallest absolute Gasteiger partial charge is 0.181 e. The minimum Gasteiger partial charge on any atom is -0.350 e. The van der Waals surface area contributed by atoms with E-state index in [0.717, 1.165) is 19.1 Å². The Hall–Kier alpha value is -0.0800. The number of ether oxygens (including phenoxy) is 2. The predicted molar refractivity (Wildman–Crippen MR) is 58.2 cm³/mol. The molecule has 1 atom stereocenters. The van der Waals surface area contributed by atoms with Gasteiger partial charge in [-0.3, -0.25) is 0 Å². The Morgan fingerprint density at radius 2 is 1.79 bits per heavy atom. The van der Waals surface area contributed by atoms with Crippen LogP contribution in [-0.4, -0.2) is 19.5 Å². The van der Waals surface area contributed by atoms with Crippen molar-refractivity contribution in [1.29, 1.82) is 0 Å². The van der Waals surface area contributed by atoms with E-state index in [0.29, 0.717) is 0 Å². The molecule has 0 bridgehead atoms. The molecule has 0 aromatic heterocycles. The van der Waals surface area contributed by atoms with E-state index in [1.165, 1.54) is 38.5 Å². The van der Waals surface area contributed by atoms with Crippen LogP contribution >= 0.6 is 0 Å². The van der Waals surface area contributed by atoms with Gasteiger partial charge in [-0.1, -0.05) is 46.0 Å². The molecule has 1 fully saturated rings. The molecule has 1 aliphatic heterocycles. The molecule has 1 rings (SSSR count). The summed E-state index contributed by atoms with van der Waals surface area (Å²) in [6.07, 6.45) is 8.18. The molecule has 14 heavy (non-hydrogen) atoms. The molecule has 0 aromatic carbocycles. The van der Waals surface area contributed by atoms with E-state index in [-0.39, 0.29) is 6.29 Å². The highest BCUT2D eigenvalue weighted by atomic mass is 16.8. The first kappa shape index (κ1) is 12.0. The zero-order valence-corrected chi connectivity index (χ0v) is 9.63. The average Bonchev–Trinajstić information content (AvgIpc) is 2.92. The molecule has 1 saturated heterocycles. The molecule has 0 saturated carbocycles. The SMILES string of the molecule is CC(C)CCCCCCCOC1CO1. The fourth-order valence-corrected chi connectivity index (χ4v) is 1.54. The number of epoxide rings is 1. The largest absolute Gasteiger partial charge is 0.350 e. The second kappa shape index (κ2) is 7.24. The Morgan fingerprint density at radius 1 is 1.14 bits per heavy atom. The molecule has 0 spiro atoms. The minimum atomic E-state index is 0.149. The second-order valence-corrected chi connectivity index (χ2v) is 4.58. The molecule has 2 nitrogen and oxygen atoms in total. The summed E-state index contributed by atoms with van der Waals surface area (Å²) < 4.78 is 10.3. The number of unbranched alkanes of at least 4 members (excludes halogenated alkanes) is 4. The monoisotopic (exact) mass is 200 g/mol. The van der Waals surface area contributed by atoms with Crippen molar-refractivity contribution in [2.75, 3.05) is 13.2 Å². The molecular formula is C12H24O2. The summed E-state index contributed by atoms with van der Waals surface area (Å²) in [6, 6.07) is 0. The van der Waals surface area contributed by atoms with Gasteiger partial charge in [-0.25, -0.2) is 0 Å². The Kier molecular flexibility index (Phi) is 6.20. The van der Waals surface area contributed by atoms with Gasteiger partial charge in [0.15, 0.2) is 6.29 Å². The van der Waals surface area contributed by atoms with Crippen LogP contribution in [0.4, 0.5) is 0 Å². The first-order valence-corrected chi connectivity index (χ1v) is 6.02. The van der Waals surface area contributed by atoms with Crippen molar-refractivity contribution in [3.63, 3.8) is 0 Å². The Morgan fingerprint density at radius 3 is 2.43 bits per heavy atom. The van der Waals surface area contributed by atoms with E-state index in [1.54, 1.807) is 0 Å². The molecule has 0 aromatic rings. The second-order valence-electron chi connectivity index (χ2n) is 4.58. The molecule has 2 heteroatoms. The molecule has 1 heterocycles. The van der Waals surface area contributed by atoms with E-state index < -0.39 is 0 Å². The van der Waals surface area contributed by atoms with E-state index >= 15 is 0 Å². The average molecular weight is 200 g/mol. The van der Waals surface area contributed by atoms with Crippen molar-refractivity contribution in [1.82, 2.24) is 0 Å². The Balaban J connectivity index is 1.66. The normalized spacial score (nSPS) is 20.4. The first-order chi connectivity index (χ1) is 6.79. The third kappa shape index (κ3) is 7.34. The maximum absolute atomic E-state index is 5.38. The Labute approximate surface area is 88.0 Å². The van der Waals surface area contributed by atoms with Gasteiger partial charge in [-0.15, -0.1) is 0 Å². The summed E-state index contributed by atoms with van der Waals surface area (Å²) in [5.41, 5.74) is 0. The highest BCUT2D eigenvalue weighted by molar-refractivity contribution is 4.55. The van der Waals surface area contributed by atoms with Crippen LogP contribution in [0.1, 0.15) is 52.4 Å². The van der Waals surface area contributed by atoms with Crippen molar-refractivity contribution >= 4 is 0 Å². The summed E-state index contributed by atoms with van der Waals surface area (Å²) in [4.78, 5) is 0. The summed E-state index contributed by atoms with van der Waals surface area (Å²) in [6.45, 7) is 6.29. The molecule has 1 aliphatic rings. The van der Waals surface area contributed by atoms with Crippen LogP contribution in [0.5, 0.6) is 0 Å². The minimum absolute atomic E-state index is 0.149. The van der Waals surface area contributed by atoms with E-state index in [9.17, 15) is 0 Å². The third-order valence-electron chi connectivity index (χ3n) is 2.53. The van der Waals surface area contributed by atoms with Gasteiger partial charge >= 0.3 is 0 Å². The van der Waals surface area contributed by atoms with Gasteiger partial charge in [0, 0.05) is 6.61 Å². The number of hydrogen-bond acceptors (Lipinski definition) is 2. The van der Waals surface area contributed by atoms with Gasteiger partial charge in [-0.2, -0.15) is 0 Å². The van der Waals surface area contributed by atoms with Crippen molar-refractivity contribution in [2.24, 2.45) is 5.92 Å². The lowest BCUT2D eigenvalue weighted by Crippen LogP contribution is -1.97. The lowest BCUT2D eigenvalue weighted by molar-refractivity contribution is 0.0478. The van der Waals surface area contributed by atoms with Gasteiger partial charge < -0.3 is 9.47 Å². The topological polar surface area (TPSA) is 21.8 Å². The lowest BCUT2D eigenvalue weighted by Gasteiger charge is -2.04. The number of rotatable bonds is 9. The zero-order valence-electron chi connectivity index (χ0n) is 9.63. The summed E-state index contributed by atoms with van der Waals surface area (Å²) in [5, 5.41) is 0. The van der Waals surface area contributed by atoms with Gasteiger partial charge in [-0.05, 0) is 12.3 Å². The molecule has 0 radical (unpaired) electrons. The van der Waals surface area contributed by atoms with E-state index in [1.807, 2.05) is 0 Å². The van der Waals surface area contributed by atoms with Gasteiger partial charge in [0.1, 0.15) is 6.61 Å². The Bertz CT molecular complexity index is 122. The van der Waals surface area contributed by atoms with Crippen LogP contribution < -0.4 is 0 Å². The predicted octanol–water partition coefficient (Wildman–Crippen LogP) is 3.36.